The van der Waals surface area contributed by atoms with Gasteiger partial charge >= 0.3 is 0 Å². The van der Waals surface area contributed by atoms with Crippen molar-refractivity contribution in [3.63, 3.8) is 0 Å². The van der Waals surface area contributed by atoms with Crippen molar-refractivity contribution in [2.24, 2.45) is 0 Å². The van der Waals surface area contributed by atoms with Gasteiger partial charge in [-0.1, -0.05) is 20.3 Å². The standard InChI is InChI=1S/C18H30N5O4P.C18H29N4O4P.C15H22BrN4O4P.C15H22ClN4O4P.C15H22FN4O4P/c1-5-6-7-11-20-12-15(21-18(19)22-16(12)26)23(11)17-14(25)13(24)10(27-17)8-9-28(2,3)4;1-6-7-12-21-13-16(19-10(2)20-17(13)25)22(12)18-15(24)14(23)11(26-18)8-9-27(3,4)5;3*1-7-17-12-9(13(23)18-7)19-15(16)20(12)14-11(22)10(21)8(24-14)5-6-25(2,3)4/h10,13-14,17,24-25H,2,5-9H2,1,3-4H3,(H3,19,21,22,26);11,14-15,18,23-24H,3,6-9H2,1-2,4-5H3,(H,19,20,25);3*8,10-11,14,21-22H,2,5-6H2,1,3-4H3,(H,17,18,23)/t10-,13-,14-,17-;11-,14-,15-,18-;3*8-,10-,11-,14-/m11111/s1. The zero-order valence-corrected chi connectivity index (χ0v) is 82.7. The molecule has 0 bridgehead atoms. The molecule has 5 fully saturated rings. The lowest BCUT2D eigenvalue weighted by Crippen LogP contribution is -2.32. The predicted octanol–water partition coefficient (Wildman–Crippen LogP) is 3.86. The quantitative estimate of drug-likeness (QED) is 0.0285. The Morgan fingerprint density at radius 1 is 0.369 bits per heavy atom. The Morgan fingerprint density at radius 2 is 0.631 bits per heavy atom. The minimum atomic E-state index is -1.36. The number of fused-ring (bicyclic) bond motifs is 5. The van der Waals surface area contributed by atoms with E-state index in [4.69, 9.17) is 41.0 Å². The highest BCUT2D eigenvalue weighted by atomic mass is 79.9. The first-order valence-electron chi connectivity index (χ1n) is 42.6. The van der Waals surface area contributed by atoms with E-state index < -0.39 is 180 Å². The number of rotatable bonds is 25. The van der Waals surface area contributed by atoms with Crippen LogP contribution in [0.1, 0.15) is 131 Å². The van der Waals surface area contributed by atoms with Gasteiger partial charge in [0.25, 0.3) is 33.9 Å². The molecule has 20 atom stereocenters. The molecule has 49 heteroatoms. The molecule has 0 radical (unpaired) electrons. The number of nitrogens with two attached hydrogens (primary N) is 1. The molecule has 41 nitrogen and oxygen atoms in total. The van der Waals surface area contributed by atoms with Crippen molar-refractivity contribution in [1.29, 1.82) is 0 Å². The second-order valence-electron chi connectivity index (χ2n) is 37.3. The maximum atomic E-state index is 14.4. The van der Waals surface area contributed by atoms with Crippen molar-refractivity contribution >= 4 is 155 Å². The number of aromatic amines is 5. The molecule has 0 unspecified atom stereocenters. The number of aliphatic hydroxyl groups is 10. The van der Waals surface area contributed by atoms with Gasteiger partial charge < -0.3 is 100 Å². The number of nitrogen functional groups attached to an aromatic ring is 1. The lowest BCUT2D eigenvalue weighted by atomic mass is 10.1. The molecule has 10 aromatic heterocycles. The van der Waals surface area contributed by atoms with Crippen LogP contribution in [0, 0.1) is 33.8 Å². The summed E-state index contributed by atoms with van der Waals surface area (Å²) in [5, 5.41) is 105. The van der Waals surface area contributed by atoms with Gasteiger partial charge in [0.05, 0.1) is 30.5 Å². The summed E-state index contributed by atoms with van der Waals surface area (Å²) in [4.78, 5) is 115. The van der Waals surface area contributed by atoms with Crippen LogP contribution < -0.4 is 33.5 Å². The number of aliphatic hydroxyl groups excluding tert-OH is 10. The molecule has 15 heterocycles. The average molecular weight is 2000 g/mol. The van der Waals surface area contributed by atoms with E-state index in [9.17, 15) is 79.4 Å². The average Bonchev–Trinajstić information content (AvgIpc) is 1.62. The van der Waals surface area contributed by atoms with E-state index in [-0.39, 0.29) is 72.7 Å². The molecule has 130 heavy (non-hydrogen) atoms. The van der Waals surface area contributed by atoms with E-state index in [1.54, 1.807) is 36.8 Å². The monoisotopic (exact) mass is 2000 g/mol. The fraction of sp³-hybridized carbons (Fsp3) is 0.630. The second-order valence-corrected chi connectivity index (χ2v) is 59.9. The number of hydrogen-bond acceptors (Lipinski definition) is 31. The summed E-state index contributed by atoms with van der Waals surface area (Å²) in [6.45, 7) is 25.2. The van der Waals surface area contributed by atoms with Gasteiger partial charge in [-0.15, -0.1) is 65.9 Å². The van der Waals surface area contributed by atoms with Gasteiger partial charge in [0.15, 0.2) is 91.7 Å². The van der Waals surface area contributed by atoms with Gasteiger partial charge in [-0.3, -0.25) is 51.8 Å². The van der Waals surface area contributed by atoms with Crippen molar-refractivity contribution in [2.45, 2.75) is 228 Å². The Balaban J connectivity index is 0.000000157. The van der Waals surface area contributed by atoms with Crippen LogP contribution in [-0.2, 0) is 36.5 Å². The van der Waals surface area contributed by atoms with Crippen molar-refractivity contribution in [2.75, 3.05) is 103 Å². The number of halogens is 3. The first kappa shape index (κ1) is 104. The number of ether oxygens (including phenoxy) is 5. The van der Waals surface area contributed by atoms with Crippen LogP contribution in [-0.4, -0.2) is 369 Å². The fourth-order valence-electron chi connectivity index (χ4n) is 15.8. The first-order chi connectivity index (χ1) is 60.5. The van der Waals surface area contributed by atoms with Crippen molar-refractivity contribution in [1.82, 2.24) is 97.6 Å². The van der Waals surface area contributed by atoms with E-state index in [2.05, 4.69) is 196 Å². The summed E-state index contributed by atoms with van der Waals surface area (Å²) in [6.07, 6.45) is 11.9. The molecule has 0 saturated carbocycles. The Hall–Kier alpha value is -6.85. The Kier molecular flexibility index (Phi) is 33.0. The van der Waals surface area contributed by atoms with Crippen LogP contribution in [0.3, 0.4) is 0 Å². The first-order valence-corrected chi connectivity index (χ1v) is 59.1. The van der Waals surface area contributed by atoms with E-state index in [1.807, 2.05) is 6.92 Å². The van der Waals surface area contributed by atoms with Crippen molar-refractivity contribution < 1.29 is 79.1 Å². The largest absolute Gasteiger partial charge is 0.388 e. The molecule has 0 spiro atoms. The highest BCUT2D eigenvalue weighted by molar-refractivity contribution is 9.10. The smallest absolute Gasteiger partial charge is 0.293 e. The summed E-state index contributed by atoms with van der Waals surface area (Å²) >= 11 is 9.46. The van der Waals surface area contributed by atoms with E-state index >= 15 is 0 Å². The second kappa shape index (κ2) is 41.4. The zero-order chi connectivity index (χ0) is 96.1. The Labute approximate surface area is 762 Å². The third-order valence-electron chi connectivity index (χ3n) is 22.5. The minimum absolute atomic E-state index is 0.0272. The highest BCUT2D eigenvalue weighted by Crippen LogP contribution is 2.47. The number of anilines is 1. The number of aryl methyl sites for hydroxylation is 6. The van der Waals surface area contributed by atoms with Gasteiger partial charge in [-0.05, 0) is 198 Å². The molecule has 0 amide bonds. The lowest BCUT2D eigenvalue weighted by Gasteiger charge is -2.20. The summed E-state index contributed by atoms with van der Waals surface area (Å²) in [6, 6.07) is 0. The van der Waals surface area contributed by atoms with E-state index in [0.29, 0.717) is 90.1 Å². The summed E-state index contributed by atoms with van der Waals surface area (Å²) in [5.41, 5.74) is 5.14. The number of imidazole rings is 5. The summed E-state index contributed by atoms with van der Waals surface area (Å²) < 4.78 is 51.4. The molecule has 0 aliphatic carbocycles. The molecule has 5 aliphatic heterocycles. The normalized spacial score (nSPS) is 26.7. The number of nitrogens with zero attached hydrogens (tertiary/aromatic N) is 15. The van der Waals surface area contributed by atoms with Crippen LogP contribution in [0.15, 0.2) is 28.7 Å². The van der Waals surface area contributed by atoms with Gasteiger partial charge in [-0.2, -0.15) is 14.4 Å². The third-order valence-corrected chi connectivity index (χ3v) is 30.7. The van der Waals surface area contributed by atoms with E-state index in [1.165, 1.54) is 9.13 Å². The highest BCUT2D eigenvalue weighted by Gasteiger charge is 2.51. The Morgan fingerprint density at radius 3 is 0.962 bits per heavy atom. The maximum Gasteiger partial charge on any atom is 0.293 e. The molecule has 5 aliphatic rings. The van der Waals surface area contributed by atoms with Crippen LogP contribution in [0.4, 0.5) is 10.3 Å². The number of aromatic nitrogens is 20. The van der Waals surface area contributed by atoms with Gasteiger partial charge in [0, 0.05) is 12.8 Å². The Bertz CT molecular complexity index is 5990. The number of hydrogen-bond donors (Lipinski definition) is 16. The zero-order valence-electron chi connectivity index (χ0n) is 75.9. The summed E-state index contributed by atoms with van der Waals surface area (Å²) in [5.74, 6) is 2.74. The molecule has 720 valence electrons. The minimum Gasteiger partial charge on any atom is -0.388 e. The van der Waals surface area contributed by atoms with Gasteiger partial charge in [0.2, 0.25) is 11.2 Å². The fourth-order valence-corrected chi connectivity index (χ4v) is 21.4. The molecule has 10 aromatic rings. The molecular weight excluding hydrogens is 1880 g/mol. The molecule has 5 saturated heterocycles. The topological polar surface area (TPSA) is 592 Å². The molecular formula is C81H125BrClFN21O20P5. The van der Waals surface area contributed by atoms with Crippen LogP contribution in [0.2, 0.25) is 5.28 Å². The lowest BCUT2D eigenvalue weighted by molar-refractivity contribution is -0.0413. The third kappa shape index (κ3) is 24.0. The number of unbranched alkanes of at least 4 members (excludes halogenated alkanes) is 1. The molecule has 15 rings (SSSR count). The van der Waals surface area contributed by atoms with Gasteiger partial charge in [-0.25, -0.2) is 39.9 Å². The van der Waals surface area contributed by atoms with E-state index in [0.717, 1.165) is 54.6 Å². The molecule has 17 N–H and O–H groups in total. The number of H-pyrrole nitrogens is 5. The van der Waals surface area contributed by atoms with Crippen LogP contribution >= 0.6 is 62.0 Å². The molecule has 0 aromatic carbocycles. The summed E-state index contributed by atoms with van der Waals surface area (Å²) in [7, 11) is 0. The van der Waals surface area contributed by atoms with Crippen molar-refractivity contribution in [3.05, 3.63) is 103 Å². The van der Waals surface area contributed by atoms with Crippen molar-refractivity contribution in [3.8, 4) is 0 Å². The number of nitrogens with one attached hydrogen (secondary N) is 5. The van der Waals surface area contributed by atoms with Crippen LogP contribution in [0.5, 0.6) is 0 Å². The SMILES string of the molecule is C=P(C)(C)CC[C@H]1O[C@@H](n2c(Br)nc3c(=O)[nH]c(C)nc32)[C@H](O)[C@@H]1O.C=P(C)(C)CC[C@H]1O[C@@H](n2c(CCC)nc3c(=O)[nH]c(C)nc32)[C@H](O)[C@@H]1O.C=P(C)(C)CC[C@H]1O[C@@H](n2c(CCCC)nc3c(=O)[nH]c(N)nc32)[C@H](O)[C@@H]1O.C=P(C)(C)CC[C@H]1O[C@@H](n2c(Cl)nc3c(=O)[nH]c(C)nc32)[C@H](O)[C@@H]1O.C=P(C)(C)CC[C@H]1O[C@@H](n2c(F)nc3c(=O)[nH]c(C)nc32)[C@H](O)[C@@H]1O. The van der Waals surface area contributed by atoms with Gasteiger partial charge in [0.1, 0.15) is 96.0 Å². The van der Waals surface area contributed by atoms with Crippen LogP contribution in [0.25, 0.3) is 55.8 Å². The maximum absolute atomic E-state index is 14.4. The predicted molar refractivity (Wildman–Crippen MR) is 516 cm³/mol.